The van der Waals surface area contributed by atoms with E-state index in [9.17, 15) is 13.2 Å². The van der Waals surface area contributed by atoms with Gasteiger partial charge in [0.15, 0.2) is 0 Å². The molecule has 33 heavy (non-hydrogen) atoms. The average molecular weight is 465 g/mol. The Kier molecular flexibility index (Phi) is 5.52. The fourth-order valence-corrected chi connectivity index (χ4v) is 5.45. The van der Waals surface area contributed by atoms with Gasteiger partial charge >= 0.3 is 0 Å². The monoisotopic (exact) mass is 464 g/mol. The third-order valence-electron chi connectivity index (χ3n) is 6.59. The van der Waals surface area contributed by atoms with Crippen LogP contribution in [0.25, 0.3) is 0 Å². The molecule has 2 aromatic carbocycles. The molecule has 2 unspecified atom stereocenters. The maximum absolute atomic E-state index is 13.4. The molecule has 2 fully saturated rings. The number of para-hydroxylation sites is 1. The number of benzene rings is 2. The van der Waals surface area contributed by atoms with Crippen LogP contribution >= 0.6 is 0 Å². The molecular weight excluding hydrogens is 436 g/mol. The van der Waals surface area contributed by atoms with Crippen LogP contribution in [0, 0.1) is 5.92 Å². The van der Waals surface area contributed by atoms with Gasteiger partial charge in [-0.05, 0) is 67.6 Å². The van der Waals surface area contributed by atoms with E-state index in [1.807, 2.05) is 23.1 Å². The van der Waals surface area contributed by atoms with Gasteiger partial charge in [-0.25, -0.2) is 8.42 Å². The molecule has 0 bridgehead atoms. The Hall–Kier alpha value is -3.06. The summed E-state index contributed by atoms with van der Waals surface area (Å²) in [5.74, 6) is 2.75. The summed E-state index contributed by atoms with van der Waals surface area (Å²) in [5, 5.41) is 0. The van der Waals surface area contributed by atoms with Gasteiger partial charge in [0.25, 0.3) is 15.9 Å². The van der Waals surface area contributed by atoms with E-state index >= 15 is 0 Å². The van der Waals surface area contributed by atoms with Crippen molar-refractivity contribution >= 4 is 21.6 Å². The van der Waals surface area contributed by atoms with Gasteiger partial charge in [0.2, 0.25) is 0 Å². The Morgan fingerprint density at radius 2 is 1.76 bits per heavy atom. The molecule has 1 aromatic heterocycles. The molecule has 2 atom stereocenters. The zero-order chi connectivity index (χ0) is 23.2. The number of amides is 1. The minimum Gasteiger partial charge on any atom is -0.464 e. The average Bonchev–Trinajstić information content (AvgIpc) is 3.76. The SMILES string of the molecule is CC1CC1c1ccc(CN(C(=O)c2cccc(S(=O)(=O)N(C)c3ccccc3)c2)C2CC2)o1. The highest BCUT2D eigenvalue weighted by molar-refractivity contribution is 7.92. The minimum absolute atomic E-state index is 0.0958. The lowest BCUT2D eigenvalue weighted by Gasteiger charge is -2.23. The number of sulfonamides is 1. The lowest BCUT2D eigenvalue weighted by atomic mass is 10.2. The Labute approximate surface area is 194 Å². The largest absolute Gasteiger partial charge is 0.464 e. The molecule has 1 heterocycles. The highest BCUT2D eigenvalue weighted by Gasteiger charge is 2.38. The second-order valence-electron chi connectivity index (χ2n) is 9.12. The van der Waals surface area contributed by atoms with E-state index in [0.29, 0.717) is 29.6 Å². The molecule has 2 saturated carbocycles. The summed E-state index contributed by atoms with van der Waals surface area (Å²) in [5.41, 5.74) is 0.930. The van der Waals surface area contributed by atoms with Gasteiger partial charge in [0, 0.05) is 24.6 Å². The molecule has 5 rings (SSSR count). The number of rotatable bonds is 8. The first kappa shape index (κ1) is 21.8. The molecule has 3 aromatic rings. The van der Waals surface area contributed by atoms with Crippen molar-refractivity contribution in [1.29, 1.82) is 0 Å². The van der Waals surface area contributed by atoms with Gasteiger partial charge in [0.1, 0.15) is 11.5 Å². The van der Waals surface area contributed by atoms with Gasteiger partial charge in [-0.15, -0.1) is 0 Å². The zero-order valence-electron chi connectivity index (χ0n) is 18.8. The van der Waals surface area contributed by atoms with E-state index in [1.165, 1.54) is 23.5 Å². The maximum Gasteiger partial charge on any atom is 0.264 e. The third-order valence-corrected chi connectivity index (χ3v) is 8.37. The van der Waals surface area contributed by atoms with Gasteiger partial charge in [-0.1, -0.05) is 31.2 Å². The summed E-state index contributed by atoms with van der Waals surface area (Å²) < 4.78 is 33.7. The molecule has 0 saturated heterocycles. The van der Waals surface area contributed by atoms with Crippen LogP contribution in [-0.4, -0.2) is 32.3 Å². The minimum atomic E-state index is -3.80. The van der Waals surface area contributed by atoms with Crippen molar-refractivity contribution in [2.45, 2.75) is 49.6 Å². The standard InChI is InChI=1S/C26H28N2O4S/c1-18-15-24(18)25-14-13-22(32-25)17-28(21-11-12-21)26(29)19-7-6-10-23(16-19)33(30,31)27(2)20-8-4-3-5-9-20/h3-10,13-14,16,18,21,24H,11-12,15,17H2,1-2H3. The first-order valence-electron chi connectivity index (χ1n) is 11.4. The van der Waals surface area contributed by atoms with Gasteiger partial charge in [-0.3, -0.25) is 9.10 Å². The zero-order valence-corrected chi connectivity index (χ0v) is 19.7. The molecule has 2 aliphatic carbocycles. The normalized spacial score (nSPS) is 19.8. The van der Waals surface area contributed by atoms with E-state index in [2.05, 4.69) is 6.92 Å². The summed E-state index contributed by atoms with van der Waals surface area (Å²) in [4.78, 5) is 15.3. The summed E-state index contributed by atoms with van der Waals surface area (Å²) in [6, 6.07) is 19.3. The highest BCUT2D eigenvalue weighted by Crippen LogP contribution is 2.47. The number of carbonyl (C=O) groups is 1. The number of hydrogen-bond donors (Lipinski definition) is 0. The first-order valence-corrected chi connectivity index (χ1v) is 12.8. The van der Waals surface area contributed by atoms with Crippen LogP contribution in [0.1, 0.15) is 54.0 Å². The predicted octanol–water partition coefficient (Wildman–Crippen LogP) is 5.03. The Balaban J connectivity index is 1.37. The lowest BCUT2D eigenvalue weighted by Crippen LogP contribution is -2.33. The van der Waals surface area contributed by atoms with Crippen molar-refractivity contribution in [3.8, 4) is 0 Å². The van der Waals surface area contributed by atoms with Crippen LogP contribution in [0.4, 0.5) is 5.69 Å². The molecule has 2 aliphatic rings. The van der Waals surface area contributed by atoms with Gasteiger partial charge < -0.3 is 9.32 Å². The molecule has 172 valence electrons. The number of furan rings is 1. The lowest BCUT2D eigenvalue weighted by molar-refractivity contribution is 0.0716. The van der Waals surface area contributed by atoms with E-state index in [1.54, 1.807) is 36.4 Å². The molecule has 6 nitrogen and oxygen atoms in total. The van der Waals surface area contributed by atoms with E-state index in [4.69, 9.17) is 4.42 Å². The predicted molar refractivity (Wildman–Crippen MR) is 127 cm³/mol. The van der Waals surface area contributed by atoms with Crippen molar-refractivity contribution in [3.63, 3.8) is 0 Å². The van der Waals surface area contributed by atoms with Crippen LogP contribution in [-0.2, 0) is 16.6 Å². The number of carbonyl (C=O) groups excluding carboxylic acids is 1. The highest BCUT2D eigenvalue weighted by atomic mass is 32.2. The van der Waals surface area contributed by atoms with Crippen molar-refractivity contribution in [2.75, 3.05) is 11.4 Å². The van der Waals surface area contributed by atoms with Crippen molar-refractivity contribution < 1.29 is 17.6 Å². The Morgan fingerprint density at radius 3 is 2.42 bits per heavy atom. The van der Waals surface area contributed by atoms with Crippen LogP contribution < -0.4 is 4.31 Å². The van der Waals surface area contributed by atoms with E-state index < -0.39 is 10.0 Å². The maximum atomic E-state index is 13.4. The smallest absolute Gasteiger partial charge is 0.264 e. The molecule has 0 radical (unpaired) electrons. The molecule has 0 spiro atoms. The molecule has 0 N–H and O–H groups in total. The molecule has 0 aliphatic heterocycles. The van der Waals surface area contributed by atoms with Crippen LogP contribution in [0.3, 0.4) is 0 Å². The molecular formula is C26H28N2O4S. The summed E-state index contributed by atoms with van der Waals surface area (Å²) >= 11 is 0. The number of nitrogens with zero attached hydrogens (tertiary/aromatic N) is 2. The summed E-state index contributed by atoms with van der Waals surface area (Å²) in [7, 11) is -2.28. The molecule has 7 heteroatoms. The second kappa shape index (κ2) is 8.37. The van der Waals surface area contributed by atoms with Crippen molar-refractivity contribution in [2.24, 2.45) is 5.92 Å². The Morgan fingerprint density at radius 1 is 1.03 bits per heavy atom. The van der Waals surface area contributed by atoms with Gasteiger partial charge in [-0.2, -0.15) is 0 Å². The van der Waals surface area contributed by atoms with E-state index in [0.717, 1.165) is 30.8 Å². The van der Waals surface area contributed by atoms with Crippen LogP contribution in [0.5, 0.6) is 0 Å². The van der Waals surface area contributed by atoms with Gasteiger partial charge in [0.05, 0.1) is 17.1 Å². The van der Waals surface area contributed by atoms with Crippen LogP contribution in [0.2, 0.25) is 0 Å². The fourth-order valence-electron chi connectivity index (χ4n) is 4.21. The fraction of sp³-hybridized carbons (Fsp3) is 0.346. The van der Waals surface area contributed by atoms with Crippen molar-refractivity contribution in [3.05, 3.63) is 83.8 Å². The number of hydrogen-bond acceptors (Lipinski definition) is 4. The second-order valence-corrected chi connectivity index (χ2v) is 11.1. The summed E-state index contributed by atoms with van der Waals surface area (Å²) in [6.07, 6.45) is 3.05. The quantitative estimate of drug-likeness (QED) is 0.469. The Bertz CT molecular complexity index is 1260. The topological polar surface area (TPSA) is 70.8 Å². The first-order chi connectivity index (χ1) is 15.8. The van der Waals surface area contributed by atoms with E-state index in [-0.39, 0.29) is 16.8 Å². The third kappa shape index (κ3) is 4.42. The molecule has 1 amide bonds. The van der Waals surface area contributed by atoms with Crippen LogP contribution in [0.15, 0.2) is 76.0 Å². The van der Waals surface area contributed by atoms with Crippen molar-refractivity contribution in [1.82, 2.24) is 4.90 Å². The number of anilines is 1. The summed E-state index contributed by atoms with van der Waals surface area (Å²) in [6.45, 7) is 2.61.